The molecular weight excluding hydrogens is 422 g/mol. The second kappa shape index (κ2) is 8.82. The first kappa shape index (κ1) is 20.8. The Hall–Kier alpha value is -4.06. The van der Waals surface area contributed by atoms with E-state index in [2.05, 4.69) is 21.5 Å². The molecule has 1 unspecified atom stereocenters. The maximum Gasteiger partial charge on any atom is 0.272 e. The molecule has 4 heterocycles. The zero-order chi connectivity index (χ0) is 22.8. The predicted octanol–water partition coefficient (Wildman–Crippen LogP) is 2.81. The number of hydrogen-bond acceptors (Lipinski definition) is 7. The molecular formula is C24H23N5O4. The third-order valence-corrected chi connectivity index (χ3v) is 5.70. The van der Waals surface area contributed by atoms with Crippen molar-refractivity contribution in [3.63, 3.8) is 0 Å². The molecule has 9 nitrogen and oxygen atoms in total. The van der Waals surface area contributed by atoms with Crippen LogP contribution in [0.2, 0.25) is 0 Å². The molecule has 2 atom stereocenters. The van der Waals surface area contributed by atoms with Gasteiger partial charge >= 0.3 is 0 Å². The average molecular weight is 445 g/mol. The molecule has 0 spiro atoms. The van der Waals surface area contributed by atoms with Crippen LogP contribution in [-0.4, -0.2) is 39.9 Å². The van der Waals surface area contributed by atoms with Gasteiger partial charge in [0.05, 0.1) is 29.8 Å². The number of aromatic nitrogens is 3. The van der Waals surface area contributed by atoms with E-state index in [1.165, 1.54) is 0 Å². The summed E-state index contributed by atoms with van der Waals surface area (Å²) in [5.74, 6) is 1.56. The van der Waals surface area contributed by atoms with Gasteiger partial charge < -0.3 is 19.5 Å². The highest BCUT2D eigenvalue weighted by atomic mass is 16.5. The van der Waals surface area contributed by atoms with Crippen molar-refractivity contribution in [3.05, 3.63) is 65.0 Å². The summed E-state index contributed by atoms with van der Waals surface area (Å²) in [6, 6.07) is 12.7. The topological polar surface area (TPSA) is 111 Å². The Kier molecular flexibility index (Phi) is 5.57. The molecule has 0 saturated heterocycles. The monoisotopic (exact) mass is 445 g/mol. The molecule has 1 N–H and O–H groups in total. The van der Waals surface area contributed by atoms with Gasteiger partial charge in [0.15, 0.2) is 5.69 Å². The van der Waals surface area contributed by atoms with Gasteiger partial charge in [-0.1, -0.05) is 0 Å². The van der Waals surface area contributed by atoms with Crippen LogP contribution in [0.1, 0.15) is 46.6 Å². The van der Waals surface area contributed by atoms with Crippen molar-refractivity contribution in [3.8, 4) is 23.6 Å². The van der Waals surface area contributed by atoms with Crippen LogP contribution in [0, 0.1) is 11.3 Å². The minimum Gasteiger partial charge on any atom is -0.491 e. The predicted molar refractivity (Wildman–Crippen MR) is 117 cm³/mol. The molecule has 0 fully saturated rings. The fourth-order valence-electron chi connectivity index (χ4n) is 4.15. The van der Waals surface area contributed by atoms with E-state index in [1.807, 2.05) is 19.1 Å². The zero-order valence-corrected chi connectivity index (χ0v) is 18.2. The first-order chi connectivity index (χ1) is 16.1. The Balaban J connectivity index is 1.27. The first-order valence-electron chi connectivity index (χ1n) is 10.9. The van der Waals surface area contributed by atoms with E-state index in [9.17, 15) is 4.79 Å². The van der Waals surface area contributed by atoms with E-state index >= 15 is 0 Å². The summed E-state index contributed by atoms with van der Waals surface area (Å²) in [6.07, 6.45) is 2.75. The molecule has 1 aromatic carbocycles. The van der Waals surface area contributed by atoms with Gasteiger partial charge in [-0.3, -0.25) is 4.79 Å². The number of aryl methyl sites for hydroxylation is 1. The highest BCUT2D eigenvalue weighted by Crippen LogP contribution is 2.34. The van der Waals surface area contributed by atoms with Gasteiger partial charge in [-0.2, -0.15) is 10.4 Å². The number of carbonyl (C=O) groups is 1. The van der Waals surface area contributed by atoms with E-state index in [1.54, 1.807) is 35.1 Å². The Morgan fingerprint density at radius 3 is 3.12 bits per heavy atom. The second-order valence-corrected chi connectivity index (χ2v) is 7.94. The van der Waals surface area contributed by atoms with E-state index < -0.39 is 0 Å². The highest BCUT2D eigenvalue weighted by Gasteiger charge is 2.28. The lowest BCUT2D eigenvalue weighted by Crippen LogP contribution is -2.42. The molecule has 168 valence electrons. The maximum absolute atomic E-state index is 12.9. The fraction of sp³-hybridized carbons (Fsp3) is 0.333. The van der Waals surface area contributed by atoms with Gasteiger partial charge in [0, 0.05) is 25.2 Å². The summed E-state index contributed by atoms with van der Waals surface area (Å²) in [6.45, 7) is 3.41. The molecule has 2 aliphatic heterocycles. The van der Waals surface area contributed by atoms with Gasteiger partial charge in [-0.15, -0.1) is 0 Å². The summed E-state index contributed by atoms with van der Waals surface area (Å²) >= 11 is 0. The molecule has 0 aliphatic carbocycles. The first-order valence-corrected chi connectivity index (χ1v) is 10.9. The SMILES string of the molecule is CCOc1ncccc1C1CCn2nc(C(=O)N[C@H]3COc4ccc(C#N)cc4C3)cc2O1. The van der Waals surface area contributed by atoms with Crippen LogP contribution in [0.15, 0.2) is 42.6 Å². The summed E-state index contributed by atoms with van der Waals surface area (Å²) in [7, 11) is 0. The van der Waals surface area contributed by atoms with E-state index in [4.69, 9.17) is 19.5 Å². The van der Waals surface area contributed by atoms with E-state index in [-0.39, 0.29) is 18.1 Å². The summed E-state index contributed by atoms with van der Waals surface area (Å²) in [4.78, 5) is 17.2. The Morgan fingerprint density at radius 1 is 1.36 bits per heavy atom. The number of ether oxygens (including phenoxy) is 3. The van der Waals surface area contributed by atoms with Crippen LogP contribution in [0.4, 0.5) is 0 Å². The Labute approximate surface area is 190 Å². The maximum atomic E-state index is 12.9. The van der Waals surface area contributed by atoms with Crippen molar-refractivity contribution in [2.45, 2.75) is 38.5 Å². The number of nitriles is 1. The third-order valence-electron chi connectivity index (χ3n) is 5.70. The number of nitrogens with one attached hydrogen (secondary N) is 1. The van der Waals surface area contributed by atoms with Gasteiger partial charge in [-0.05, 0) is 49.2 Å². The molecule has 33 heavy (non-hydrogen) atoms. The number of pyridine rings is 1. The molecule has 3 aromatic rings. The number of benzene rings is 1. The number of hydrogen-bond donors (Lipinski definition) is 1. The van der Waals surface area contributed by atoms with Crippen LogP contribution >= 0.6 is 0 Å². The molecule has 1 amide bonds. The lowest BCUT2D eigenvalue weighted by Gasteiger charge is -2.26. The quantitative estimate of drug-likeness (QED) is 0.643. The molecule has 0 bridgehead atoms. The molecule has 2 aromatic heterocycles. The smallest absolute Gasteiger partial charge is 0.272 e. The molecule has 0 saturated carbocycles. The Bertz CT molecular complexity index is 1230. The van der Waals surface area contributed by atoms with Crippen molar-refractivity contribution in [2.24, 2.45) is 0 Å². The van der Waals surface area contributed by atoms with Crippen molar-refractivity contribution < 1.29 is 19.0 Å². The lowest BCUT2D eigenvalue weighted by molar-refractivity contribution is 0.0909. The number of amides is 1. The van der Waals surface area contributed by atoms with Crippen molar-refractivity contribution in [2.75, 3.05) is 13.2 Å². The van der Waals surface area contributed by atoms with Crippen molar-refractivity contribution >= 4 is 5.91 Å². The summed E-state index contributed by atoms with van der Waals surface area (Å²) in [5.41, 5.74) is 2.65. The largest absolute Gasteiger partial charge is 0.491 e. The van der Waals surface area contributed by atoms with E-state index in [0.29, 0.717) is 55.6 Å². The molecule has 9 heteroatoms. The van der Waals surface area contributed by atoms with Crippen LogP contribution < -0.4 is 19.5 Å². The van der Waals surface area contributed by atoms with Gasteiger partial charge in [-0.25, -0.2) is 9.67 Å². The van der Waals surface area contributed by atoms with Crippen molar-refractivity contribution in [1.82, 2.24) is 20.1 Å². The Morgan fingerprint density at radius 2 is 2.27 bits per heavy atom. The number of nitrogens with zero attached hydrogens (tertiary/aromatic N) is 4. The van der Waals surface area contributed by atoms with E-state index in [0.717, 1.165) is 16.9 Å². The minimum atomic E-state index is -0.290. The molecule has 0 radical (unpaired) electrons. The number of carbonyl (C=O) groups excluding carboxylic acids is 1. The zero-order valence-electron chi connectivity index (χ0n) is 18.2. The third kappa shape index (κ3) is 4.20. The second-order valence-electron chi connectivity index (χ2n) is 7.94. The van der Waals surface area contributed by atoms with Crippen molar-refractivity contribution in [1.29, 1.82) is 5.26 Å². The average Bonchev–Trinajstić information content (AvgIpc) is 3.28. The summed E-state index contributed by atoms with van der Waals surface area (Å²) in [5, 5.41) is 16.5. The van der Waals surface area contributed by atoms with Crippen LogP contribution in [-0.2, 0) is 13.0 Å². The molecule has 5 rings (SSSR count). The van der Waals surface area contributed by atoms with Gasteiger partial charge in [0.1, 0.15) is 18.5 Å². The van der Waals surface area contributed by atoms with Gasteiger partial charge in [0.25, 0.3) is 5.91 Å². The summed E-state index contributed by atoms with van der Waals surface area (Å²) < 4.78 is 19.2. The number of fused-ring (bicyclic) bond motifs is 2. The minimum absolute atomic E-state index is 0.213. The molecule has 2 aliphatic rings. The lowest BCUT2D eigenvalue weighted by atomic mass is 10.0. The standard InChI is InChI=1S/C24H23N5O4/c1-2-31-24-18(4-3-8-26-24)21-7-9-29-22(33-21)12-19(28-29)23(30)27-17-11-16-10-15(13-25)5-6-20(16)32-14-17/h3-6,8,10,12,17,21H,2,7,9,11,14H2,1H3,(H,27,30)/t17-,21?/m1/s1. The number of rotatable bonds is 5. The fourth-order valence-corrected chi connectivity index (χ4v) is 4.15. The van der Waals surface area contributed by atoms with Gasteiger partial charge in [0.2, 0.25) is 11.8 Å². The van der Waals surface area contributed by atoms with Crippen LogP contribution in [0.3, 0.4) is 0 Å². The normalized spacial score (nSPS) is 18.7. The van der Waals surface area contributed by atoms with Crippen LogP contribution in [0.25, 0.3) is 0 Å². The highest BCUT2D eigenvalue weighted by molar-refractivity contribution is 5.92. The van der Waals surface area contributed by atoms with Crippen LogP contribution in [0.5, 0.6) is 17.5 Å².